The summed E-state index contributed by atoms with van der Waals surface area (Å²) in [6.07, 6.45) is 9.88. The molecule has 3 aromatic carbocycles. The van der Waals surface area contributed by atoms with Gasteiger partial charge in [0.05, 0.1) is 0 Å². The highest BCUT2D eigenvalue weighted by molar-refractivity contribution is 5.88. The molecule has 7 rings (SSSR count). The van der Waals surface area contributed by atoms with Crippen LogP contribution in [0.1, 0.15) is 47.9 Å². The highest BCUT2D eigenvalue weighted by atomic mass is 14.1. The van der Waals surface area contributed by atoms with Crippen LogP contribution in [0.15, 0.2) is 60.7 Å². The van der Waals surface area contributed by atoms with Gasteiger partial charge in [-0.3, -0.25) is 0 Å². The van der Waals surface area contributed by atoms with E-state index in [1.165, 1.54) is 84.4 Å². The second-order valence-corrected chi connectivity index (χ2v) is 7.16. The topological polar surface area (TPSA) is 0 Å². The molecule has 122 valence electrons. The Morgan fingerprint density at radius 3 is 1.29 bits per heavy atom. The summed E-state index contributed by atoms with van der Waals surface area (Å²) >= 11 is 0. The van der Waals surface area contributed by atoms with Crippen molar-refractivity contribution in [3.63, 3.8) is 0 Å². The summed E-state index contributed by atoms with van der Waals surface area (Å²) in [7, 11) is 0. The first-order valence-corrected chi connectivity index (χ1v) is 9.47. The lowest BCUT2D eigenvalue weighted by Crippen LogP contribution is -1.96. The van der Waals surface area contributed by atoms with Crippen LogP contribution in [-0.2, 0) is 25.7 Å². The van der Waals surface area contributed by atoms with E-state index in [1.54, 1.807) is 0 Å². The smallest absolute Gasteiger partial charge is 0.0149 e. The van der Waals surface area contributed by atoms with Gasteiger partial charge in [-0.2, -0.15) is 0 Å². The summed E-state index contributed by atoms with van der Waals surface area (Å²) in [6.45, 7) is 0. The Morgan fingerprint density at radius 1 is 0.417 bits per heavy atom. The SMILES string of the molecule is c1ccc2c3ccc(c2c1)CCCCc1ccc(cc1)CCCC3. The molecule has 0 heterocycles. The van der Waals surface area contributed by atoms with Crippen molar-refractivity contribution in [2.24, 2.45) is 0 Å². The molecule has 3 aromatic rings. The third kappa shape index (κ3) is 3.38. The van der Waals surface area contributed by atoms with Crippen molar-refractivity contribution in [2.75, 3.05) is 0 Å². The quantitative estimate of drug-likeness (QED) is 0.458. The Labute approximate surface area is 145 Å². The number of rotatable bonds is 0. The molecule has 0 saturated carbocycles. The summed E-state index contributed by atoms with van der Waals surface area (Å²) in [4.78, 5) is 0. The van der Waals surface area contributed by atoms with Gasteiger partial charge in [0.1, 0.15) is 0 Å². The average Bonchev–Trinajstić information content (AvgIpc) is 2.63. The van der Waals surface area contributed by atoms with Crippen LogP contribution in [-0.4, -0.2) is 0 Å². The molecule has 4 aliphatic carbocycles. The zero-order chi connectivity index (χ0) is 16.2. The second-order valence-electron chi connectivity index (χ2n) is 7.16. The van der Waals surface area contributed by atoms with Crippen LogP contribution in [0.5, 0.6) is 0 Å². The van der Waals surface area contributed by atoms with Crippen molar-refractivity contribution in [1.82, 2.24) is 0 Å². The van der Waals surface area contributed by atoms with Gasteiger partial charge in [-0.1, -0.05) is 60.7 Å². The highest BCUT2D eigenvalue weighted by Crippen LogP contribution is 2.26. The summed E-state index contributed by atoms with van der Waals surface area (Å²) in [5.41, 5.74) is 6.03. The fourth-order valence-corrected chi connectivity index (χ4v) is 4.02. The van der Waals surface area contributed by atoms with Gasteiger partial charge in [0.15, 0.2) is 0 Å². The first-order valence-electron chi connectivity index (χ1n) is 9.47. The van der Waals surface area contributed by atoms with Gasteiger partial charge in [-0.15, -0.1) is 0 Å². The van der Waals surface area contributed by atoms with E-state index in [2.05, 4.69) is 60.7 Å². The van der Waals surface area contributed by atoms with E-state index in [1.807, 2.05) is 0 Å². The molecule has 0 N–H and O–H groups in total. The monoisotopic (exact) mass is 314 g/mol. The van der Waals surface area contributed by atoms with E-state index in [-0.39, 0.29) is 0 Å². The molecule has 0 saturated heterocycles. The molecule has 4 aliphatic rings. The van der Waals surface area contributed by atoms with E-state index in [4.69, 9.17) is 0 Å². The molecular formula is C24H26. The molecule has 0 amide bonds. The number of aryl methyl sites for hydroxylation is 4. The minimum absolute atomic E-state index is 1.19. The zero-order valence-electron chi connectivity index (χ0n) is 14.4. The first-order chi connectivity index (χ1) is 11.9. The Kier molecular flexibility index (Phi) is 4.64. The third-order valence-electron chi connectivity index (χ3n) is 5.45. The Bertz CT molecular complexity index is 742. The Balaban J connectivity index is 1.64. The summed E-state index contributed by atoms with van der Waals surface area (Å²) in [5.74, 6) is 0. The maximum atomic E-state index is 2.39. The van der Waals surface area contributed by atoms with Crippen molar-refractivity contribution < 1.29 is 0 Å². The fraction of sp³-hybridized carbons (Fsp3) is 0.333. The van der Waals surface area contributed by atoms with Gasteiger partial charge >= 0.3 is 0 Å². The molecular weight excluding hydrogens is 288 g/mol. The minimum Gasteiger partial charge on any atom is -0.0616 e. The Morgan fingerprint density at radius 2 is 0.833 bits per heavy atom. The van der Waals surface area contributed by atoms with Gasteiger partial charge < -0.3 is 0 Å². The average molecular weight is 314 g/mol. The van der Waals surface area contributed by atoms with E-state index < -0.39 is 0 Å². The van der Waals surface area contributed by atoms with Crippen molar-refractivity contribution in [3.05, 3.63) is 82.9 Å². The van der Waals surface area contributed by atoms with Gasteiger partial charge in [-0.05, 0) is 84.4 Å². The molecule has 0 aromatic heterocycles. The van der Waals surface area contributed by atoms with E-state index in [9.17, 15) is 0 Å². The third-order valence-corrected chi connectivity index (χ3v) is 5.45. The zero-order valence-corrected chi connectivity index (χ0v) is 14.4. The molecule has 0 atom stereocenters. The second kappa shape index (κ2) is 7.21. The number of hydrogen-bond donors (Lipinski definition) is 0. The lowest BCUT2D eigenvalue weighted by Gasteiger charge is -2.12. The van der Waals surface area contributed by atoms with Gasteiger partial charge in [0, 0.05) is 0 Å². The predicted octanol–water partition coefficient (Wildman–Crippen LogP) is 6.28. The van der Waals surface area contributed by atoms with Crippen LogP contribution in [0.2, 0.25) is 0 Å². The van der Waals surface area contributed by atoms with E-state index in [0.717, 1.165) is 0 Å². The molecule has 0 heteroatoms. The van der Waals surface area contributed by atoms with Crippen LogP contribution >= 0.6 is 0 Å². The van der Waals surface area contributed by atoms with Crippen LogP contribution in [0, 0.1) is 0 Å². The van der Waals surface area contributed by atoms with E-state index in [0.29, 0.717) is 0 Å². The lowest BCUT2D eigenvalue weighted by molar-refractivity contribution is 0.726. The summed E-state index contributed by atoms with van der Waals surface area (Å²) in [6, 6.07) is 23.1. The maximum absolute atomic E-state index is 2.39. The van der Waals surface area contributed by atoms with Crippen molar-refractivity contribution >= 4 is 10.8 Å². The van der Waals surface area contributed by atoms with Gasteiger partial charge in [0.25, 0.3) is 0 Å². The fourth-order valence-electron chi connectivity index (χ4n) is 4.02. The number of benzene rings is 3. The molecule has 0 radical (unpaired) electrons. The van der Waals surface area contributed by atoms with Crippen molar-refractivity contribution in [2.45, 2.75) is 51.4 Å². The summed E-state index contributed by atoms with van der Waals surface area (Å²) < 4.78 is 0. The van der Waals surface area contributed by atoms with E-state index >= 15 is 0 Å². The molecule has 0 aliphatic heterocycles. The summed E-state index contributed by atoms with van der Waals surface area (Å²) in [5, 5.41) is 2.95. The first kappa shape index (κ1) is 15.4. The van der Waals surface area contributed by atoms with Gasteiger partial charge in [-0.25, -0.2) is 0 Å². The Hall–Kier alpha value is -2.08. The maximum Gasteiger partial charge on any atom is -0.0149 e. The van der Waals surface area contributed by atoms with Crippen LogP contribution in [0.25, 0.3) is 10.8 Å². The van der Waals surface area contributed by atoms with Crippen LogP contribution in [0.4, 0.5) is 0 Å². The molecule has 24 heavy (non-hydrogen) atoms. The molecule has 0 unspecified atom stereocenters. The number of hydrogen-bond acceptors (Lipinski definition) is 0. The largest absolute Gasteiger partial charge is 0.0616 e. The molecule has 0 spiro atoms. The van der Waals surface area contributed by atoms with Gasteiger partial charge in [0.2, 0.25) is 0 Å². The van der Waals surface area contributed by atoms with Crippen molar-refractivity contribution in [3.8, 4) is 0 Å². The van der Waals surface area contributed by atoms with Crippen LogP contribution < -0.4 is 0 Å². The minimum atomic E-state index is 1.19. The molecule has 4 bridgehead atoms. The molecule has 0 nitrogen and oxygen atoms in total. The molecule has 0 fully saturated rings. The normalized spacial score (nSPS) is 15.8. The highest BCUT2D eigenvalue weighted by Gasteiger charge is 2.07. The van der Waals surface area contributed by atoms with Crippen molar-refractivity contribution in [1.29, 1.82) is 0 Å². The van der Waals surface area contributed by atoms with Crippen LogP contribution in [0.3, 0.4) is 0 Å². The predicted molar refractivity (Wildman–Crippen MR) is 104 cm³/mol. The standard InChI is InChI=1S/C24H26/c1-3-9-21-17-18-22(24-12-6-5-11-23(21)24)10-4-2-8-20-15-13-19(7-1)14-16-20/h5-6,11-18H,1-4,7-10H2. The lowest BCUT2D eigenvalue weighted by atomic mass is 9.92.